The molecule has 0 bridgehead atoms. The monoisotopic (exact) mass is 267 g/mol. The first-order valence-corrected chi connectivity index (χ1v) is 6.65. The highest BCUT2D eigenvalue weighted by Crippen LogP contribution is 2.37. The Balaban J connectivity index is 2.28. The number of thiophene rings is 1. The van der Waals surface area contributed by atoms with Gasteiger partial charge in [0.2, 0.25) is 0 Å². The molecule has 0 fully saturated rings. The molecule has 2 aromatic rings. The predicted molar refractivity (Wildman–Crippen MR) is 72.5 cm³/mol. The van der Waals surface area contributed by atoms with Crippen molar-refractivity contribution in [3.8, 4) is 0 Å². The molecule has 2 unspecified atom stereocenters. The van der Waals surface area contributed by atoms with Gasteiger partial charge >= 0.3 is 0 Å². The Bertz CT molecular complexity index is 471. The summed E-state index contributed by atoms with van der Waals surface area (Å²) < 4.78 is 0. The van der Waals surface area contributed by atoms with Crippen LogP contribution in [0.4, 0.5) is 0 Å². The van der Waals surface area contributed by atoms with E-state index in [2.05, 4.69) is 0 Å². The van der Waals surface area contributed by atoms with Crippen LogP contribution >= 0.6 is 22.9 Å². The Morgan fingerprint density at radius 3 is 2.47 bits per heavy atom. The number of hydrogen-bond acceptors (Lipinski definition) is 3. The van der Waals surface area contributed by atoms with E-state index in [0.717, 1.165) is 10.4 Å². The second-order valence-corrected chi connectivity index (χ2v) is 5.19. The summed E-state index contributed by atoms with van der Waals surface area (Å²) in [6.07, 6.45) is -0.644. The molecule has 3 N–H and O–H groups in total. The molecule has 1 aromatic heterocycles. The van der Waals surface area contributed by atoms with Gasteiger partial charge < -0.3 is 10.8 Å². The summed E-state index contributed by atoms with van der Waals surface area (Å²) >= 11 is 7.49. The van der Waals surface area contributed by atoms with Crippen molar-refractivity contribution in [2.45, 2.75) is 12.0 Å². The maximum atomic E-state index is 10.3. The minimum Gasteiger partial charge on any atom is -0.387 e. The quantitative estimate of drug-likeness (QED) is 0.894. The van der Waals surface area contributed by atoms with Crippen LogP contribution in [0.15, 0.2) is 41.8 Å². The summed E-state index contributed by atoms with van der Waals surface area (Å²) in [4.78, 5) is 0.783. The summed E-state index contributed by atoms with van der Waals surface area (Å²) in [6.45, 7) is 0.388. The van der Waals surface area contributed by atoms with Crippen LogP contribution in [-0.2, 0) is 0 Å². The molecule has 0 amide bonds. The lowest BCUT2D eigenvalue weighted by atomic mass is 9.92. The minimum absolute atomic E-state index is 0.118. The van der Waals surface area contributed by atoms with Gasteiger partial charge in [-0.25, -0.2) is 0 Å². The van der Waals surface area contributed by atoms with Crippen molar-refractivity contribution < 1.29 is 5.11 Å². The third kappa shape index (κ3) is 2.69. The standard InChI is InChI=1S/C13H14ClNOS/c14-11-6-7-17-13(11)12(16)10(8-15)9-4-2-1-3-5-9/h1-7,10,12,16H,8,15H2. The van der Waals surface area contributed by atoms with Gasteiger partial charge in [-0.2, -0.15) is 0 Å². The van der Waals surface area contributed by atoms with Crippen LogP contribution < -0.4 is 5.73 Å². The fourth-order valence-electron chi connectivity index (χ4n) is 1.85. The number of benzene rings is 1. The molecule has 0 saturated heterocycles. The zero-order valence-electron chi connectivity index (χ0n) is 9.21. The van der Waals surface area contributed by atoms with Gasteiger partial charge in [0.05, 0.1) is 16.0 Å². The van der Waals surface area contributed by atoms with Gasteiger partial charge in [0.1, 0.15) is 0 Å². The van der Waals surface area contributed by atoms with E-state index < -0.39 is 6.10 Å². The molecule has 0 aliphatic carbocycles. The maximum absolute atomic E-state index is 10.3. The lowest BCUT2D eigenvalue weighted by molar-refractivity contribution is 0.151. The first kappa shape index (κ1) is 12.6. The normalized spacial score (nSPS) is 14.5. The smallest absolute Gasteiger partial charge is 0.0977 e. The Hall–Kier alpha value is -0.870. The van der Waals surface area contributed by atoms with Crippen molar-refractivity contribution in [1.29, 1.82) is 0 Å². The molecule has 1 heterocycles. The number of rotatable bonds is 4. The molecule has 2 nitrogen and oxygen atoms in total. The molecule has 17 heavy (non-hydrogen) atoms. The molecule has 90 valence electrons. The summed E-state index contributed by atoms with van der Waals surface area (Å²) in [5.41, 5.74) is 6.80. The highest BCUT2D eigenvalue weighted by Gasteiger charge is 2.24. The Kier molecular flexibility index (Phi) is 4.18. The Labute approximate surface area is 110 Å². The number of aliphatic hydroxyl groups excluding tert-OH is 1. The van der Waals surface area contributed by atoms with Gasteiger partial charge in [-0.1, -0.05) is 41.9 Å². The molecule has 0 aliphatic heterocycles. The van der Waals surface area contributed by atoms with Crippen LogP contribution in [0.25, 0.3) is 0 Å². The molecule has 2 atom stereocenters. The van der Waals surface area contributed by atoms with E-state index >= 15 is 0 Å². The van der Waals surface area contributed by atoms with Crippen LogP contribution in [0.5, 0.6) is 0 Å². The van der Waals surface area contributed by atoms with Gasteiger partial charge in [0.25, 0.3) is 0 Å². The Morgan fingerprint density at radius 1 is 1.24 bits per heavy atom. The lowest BCUT2D eigenvalue weighted by Gasteiger charge is -2.21. The van der Waals surface area contributed by atoms with Gasteiger partial charge in [-0.05, 0) is 17.0 Å². The molecule has 0 spiro atoms. The third-order valence-corrected chi connectivity index (χ3v) is 4.21. The second-order valence-electron chi connectivity index (χ2n) is 3.83. The first-order valence-electron chi connectivity index (χ1n) is 5.40. The van der Waals surface area contributed by atoms with Crippen LogP contribution in [0, 0.1) is 0 Å². The average molecular weight is 268 g/mol. The molecule has 0 aliphatic rings. The number of halogens is 1. The van der Waals surface area contributed by atoms with Crippen LogP contribution in [-0.4, -0.2) is 11.7 Å². The number of hydrogen-bond donors (Lipinski definition) is 2. The van der Waals surface area contributed by atoms with Crippen molar-refractivity contribution in [2.24, 2.45) is 5.73 Å². The van der Waals surface area contributed by atoms with Gasteiger partial charge in [0, 0.05) is 12.5 Å². The summed E-state index contributed by atoms with van der Waals surface area (Å²) in [6, 6.07) is 11.6. The van der Waals surface area contributed by atoms with E-state index in [1.165, 1.54) is 11.3 Å². The molecule has 1 aromatic carbocycles. The zero-order chi connectivity index (χ0) is 12.3. The van der Waals surface area contributed by atoms with Crippen molar-refractivity contribution >= 4 is 22.9 Å². The fourth-order valence-corrected chi connectivity index (χ4v) is 3.06. The van der Waals surface area contributed by atoms with Crippen molar-refractivity contribution in [1.82, 2.24) is 0 Å². The van der Waals surface area contributed by atoms with Gasteiger partial charge in [-0.15, -0.1) is 11.3 Å². The fraction of sp³-hybridized carbons (Fsp3) is 0.231. The average Bonchev–Trinajstić information content (AvgIpc) is 2.77. The van der Waals surface area contributed by atoms with Crippen LogP contribution in [0.2, 0.25) is 5.02 Å². The molecular formula is C13H14ClNOS. The SMILES string of the molecule is NCC(c1ccccc1)C(O)c1sccc1Cl. The molecule has 0 radical (unpaired) electrons. The minimum atomic E-state index is -0.644. The van der Waals surface area contributed by atoms with Crippen molar-refractivity contribution in [2.75, 3.05) is 6.54 Å². The van der Waals surface area contributed by atoms with E-state index in [0.29, 0.717) is 11.6 Å². The van der Waals surface area contributed by atoms with Crippen LogP contribution in [0.3, 0.4) is 0 Å². The highest BCUT2D eigenvalue weighted by molar-refractivity contribution is 7.10. The van der Waals surface area contributed by atoms with Crippen molar-refractivity contribution in [3.63, 3.8) is 0 Å². The third-order valence-electron chi connectivity index (χ3n) is 2.78. The number of nitrogens with two attached hydrogens (primary N) is 1. The topological polar surface area (TPSA) is 46.2 Å². The summed E-state index contributed by atoms with van der Waals surface area (Å²) in [5, 5.41) is 12.8. The molecule has 0 saturated carbocycles. The molecule has 4 heteroatoms. The van der Waals surface area contributed by atoms with E-state index in [1.807, 2.05) is 35.7 Å². The molecule has 2 rings (SSSR count). The van der Waals surface area contributed by atoms with Gasteiger partial charge in [-0.3, -0.25) is 0 Å². The highest BCUT2D eigenvalue weighted by atomic mass is 35.5. The second kappa shape index (κ2) is 5.65. The predicted octanol–water partition coefficient (Wildman–Crippen LogP) is 3.18. The lowest BCUT2D eigenvalue weighted by Crippen LogP contribution is -2.19. The summed E-state index contributed by atoms with van der Waals surface area (Å²) in [5.74, 6) is -0.118. The van der Waals surface area contributed by atoms with E-state index in [-0.39, 0.29) is 5.92 Å². The molecular weight excluding hydrogens is 254 g/mol. The van der Waals surface area contributed by atoms with Crippen LogP contribution in [0.1, 0.15) is 22.5 Å². The van der Waals surface area contributed by atoms with E-state index in [9.17, 15) is 5.11 Å². The summed E-state index contributed by atoms with van der Waals surface area (Å²) in [7, 11) is 0. The van der Waals surface area contributed by atoms with Gasteiger partial charge in [0.15, 0.2) is 0 Å². The van der Waals surface area contributed by atoms with E-state index in [1.54, 1.807) is 6.07 Å². The Morgan fingerprint density at radius 2 is 1.94 bits per heavy atom. The number of aliphatic hydroxyl groups is 1. The largest absolute Gasteiger partial charge is 0.387 e. The first-order chi connectivity index (χ1) is 8.24. The van der Waals surface area contributed by atoms with Crippen molar-refractivity contribution in [3.05, 3.63) is 57.2 Å². The maximum Gasteiger partial charge on any atom is 0.0977 e. The van der Waals surface area contributed by atoms with E-state index in [4.69, 9.17) is 17.3 Å². The zero-order valence-corrected chi connectivity index (χ0v) is 10.8.